The molecule has 1 aromatic carbocycles. The van der Waals surface area contributed by atoms with Gasteiger partial charge in [-0.25, -0.2) is 9.78 Å². The van der Waals surface area contributed by atoms with Crippen molar-refractivity contribution in [3.63, 3.8) is 0 Å². The quantitative estimate of drug-likeness (QED) is 0.206. The van der Waals surface area contributed by atoms with E-state index < -0.39 is 0 Å². The van der Waals surface area contributed by atoms with Gasteiger partial charge in [0.25, 0.3) is 0 Å². The number of urea groups is 1. The van der Waals surface area contributed by atoms with Crippen LogP contribution in [0.3, 0.4) is 0 Å². The van der Waals surface area contributed by atoms with Gasteiger partial charge in [-0.2, -0.15) is 0 Å². The van der Waals surface area contributed by atoms with Crippen LogP contribution in [-0.4, -0.2) is 87.3 Å². The number of hydrogen-bond donors (Lipinski definition) is 1. The molecule has 1 N–H and O–H groups in total. The highest BCUT2D eigenvalue weighted by Crippen LogP contribution is 2.35. The fourth-order valence-corrected chi connectivity index (χ4v) is 5.80. The van der Waals surface area contributed by atoms with Gasteiger partial charge in [-0.1, -0.05) is 12.8 Å². The zero-order valence-electron chi connectivity index (χ0n) is 25.0. The largest absolute Gasteiger partial charge is 0.494 e. The first-order chi connectivity index (χ1) is 20.7. The van der Waals surface area contributed by atoms with E-state index in [1.54, 1.807) is 7.11 Å². The Bertz CT molecular complexity index is 1110. The summed E-state index contributed by atoms with van der Waals surface area (Å²) in [6, 6.07) is 10.0. The molecule has 2 aliphatic carbocycles. The Morgan fingerprint density at radius 2 is 1.81 bits per heavy atom. The Morgan fingerprint density at radius 1 is 0.952 bits per heavy atom. The summed E-state index contributed by atoms with van der Waals surface area (Å²) in [6.45, 7) is 3.34. The lowest BCUT2D eigenvalue weighted by molar-refractivity contribution is -0.165. The molecule has 1 saturated heterocycles. The predicted octanol–water partition coefficient (Wildman–Crippen LogP) is 5.42. The normalized spacial score (nSPS) is 22.5. The molecule has 0 spiro atoms. The minimum Gasteiger partial charge on any atom is -0.494 e. The molecule has 0 bridgehead atoms. The number of rotatable bonds is 16. The van der Waals surface area contributed by atoms with Crippen LogP contribution in [0.4, 0.5) is 4.79 Å². The Kier molecular flexibility index (Phi) is 11.9. The van der Waals surface area contributed by atoms with Gasteiger partial charge in [-0.15, -0.1) is 0 Å². The molecule has 1 aliphatic heterocycles. The lowest BCUT2D eigenvalue weighted by Crippen LogP contribution is -2.54. The highest BCUT2D eigenvalue weighted by Gasteiger charge is 2.41. The lowest BCUT2D eigenvalue weighted by atomic mass is 9.91. The molecular weight excluding hydrogens is 538 g/mol. The maximum atomic E-state index is 13.4. The molecule has 2 heterocycles. The lowest BCUT2D eigenvalue weighted by Gasteiger charge is -2.40. The molecule has 2 saturated carbocycles. The average Bonchev–Trinajstić information content (AvgIpc) is 3.86. The van der Waals surface area contributed by atoms with Crippen molar-refractivity contribution in [2.75, 3.05) is 46.9 Å². The second-order valence-electron chi connectivity index (χ2n) is 11.4. The van der Waals surface area contributed by atoms with Crippen molar-refractivity contribution in [1.29, 1.82) is 0 Å². The zero-order valence-corrected chi connectivity index (χ0v) is 25.0. The van der Waals surface area contributed by atoms with Crippen LogP contribution in [0.1, 0.15) is 70.6 Å². The second-order valence-corrected chi connectivity index (χ2v) is 11.4. The van der Waals surface area contributed by atoms with E-state index in [0.29, 0.717) is 38.3 Å². The summed E-state index contributed by atoms with van der Waals surface area (Å²) in [7, 11) is 1.58. The van der Waals surface area contributed by atoms with Crippen LogP contribution in [0.25, 0.3) is 10.9 Å². The van der Waals surface area contributed by atoms with E-state index in [1.165, 1.54) is 6.42 Å². The first-order valence-corrected chi connectivity index (χ1v) is 15.8. The topological polar surface area (TPSA) is 101 Å². The van der Waals surface area contributed by atoms with Crippen LogP contribution in [0, 0.1) is 0 Å². The SMILES string of the molecule is COCOc1ccc2cc(OCCCNC(=O)N(C3CC3)C3CCCCC3OCCCOC3CCCCO3)ccc2n1. The summed E-state index contributed by atoms with van der Waals surface area (Å²) in [4.78, 5) is 19.9. The monoisotopic (exact) mass is 585 g/mol. The van der Waals surface area contributed by atoms with E-state index in [0.717, 1.165) is 87.5 Å². The fourth-order valence-electron chi connectivity index (χ4n) is 5.80. The molecule has 10 heteroatoms. The van der Waals surface area contributed by atoms with Gasteiger partial charge in [0.05, 0.1) is 30.9 Å². The van der Waals surface area contributed by atoms with Crippen molar-refractivity contribution in [2.45, 2.75) is 95.1 Å². The van der Waals surface area contributed by atoms with Crippen molar-refractivity contribution in [3.8, 4) is 11.6 Å². The number of nitrogens with zero attached hydrogens (tertiary/aromatic N) is 2. The zero-order chi connectivity index (χ0) is 29.0. The number of methoxy groups -OCH3 is 1. The molecule has 3 unspecified atom stereocenters. The van der Waals surface area contributed by atoms with Gasteiger partial charge in [-0.05, 0) is 82.1 Å². The Morgan fingerprint density at radius 3 is 2.64 bits per heavy atom. The van der Waals surface area contributed by atoms with E-state index in [9.17, 15) is 4.79 Å². The van der Waals surface area contributed by atoms with E-state index in [1.807, 2.05) is 30.3 Å². The molecule has 5 rings (SSSR count). The number of carbonyl (C=O) groups excluding carboxylic acids is 1. The number of hydrogen-bond acceptors (Lipinski definition) is 8. The molecule has 2 aromatic rings. The summed E-state index contributed by atoms with van der Waals surface area (Å²) in [6.07, 6.45) is 11.3. The van der Waals surface area contributed by atoms with E-state index in [4.69, 9.17) is 28.4 Å². The number of carbonyl (C=O) groups is 1. The highest BCUT2D eigenvalue weighted by atomic mass is 16.7. The van der Waals surface area contributed by atoms with Gasteiger partial charge in [0.15, 0.2) is 13.1 Å². The van der Waals surface area contributed by atoms with Gasteiger partial charge in [0.2, 0.25) is 5.88 Å². The second kappa shape index (κ2) is 16.3. The smallest absolute Gasteiger partial charge is 0.317 e. The maximum absolute atomic E-state index is 13.4. The molecule has 0 radical (unpaired) electrons. The molecule has 3 aliphatic rings. The van der Waals surface area contributed by atoms with Crippen LogP contribution >= 0.6 is 0 Å². The maximum Gasteiger partial charge on any atom is 0.317 e. The Labute approximate surface area is 249 Å². The Balaban J connectivity index is 1.03. The molecule has 10 nitrogen and oxygen atoms in total. The molecule has 2 amide bonds. The summed E-state index contributed by atoms with van der Waals surface area (Å²) in [5, 5.41) is 4.13. The average molecular weight is 586 g/mol. The van der Waals surface area contributed by atoms with E-state index in [-0.39, 0.29) is 31.3 Å². The summed E-state index contributed by atoms with van der Waals surface area (Å²) >= 11 is 0. The minimum absolute atomic E-state index is 0.0269. The van der Waals surface area contributed by atoms with Gasteiger partial charge in [0, 0.05) is 44.4 Å². The van der Waals surface area contributed by atoms with Gasteiger partial charge < -0.3 is 38.6 Å². The molecule has 1 aromatic heterocycles. The van der Waals surface area contributed by atoms with Crippen LogP contribution < -0.4 is 14.8 Å². The molecular formula is C32H47N3O7. The summed E-state index contributed by atoms with van der Waals surface area (Å²) in [5.74, 6) is 1.30. The first-order valence-electron chi connectivity index (χ1n) is 15.8. The van der Waals surface area contributed by atoms with Crippen LogP contribution in [0.5, 0.6) is 11.6 Å². The third-order valence-corrected chi connectivity index (χ3v) is 8.09. The summed E-state index contributed by atoms with van der Waals surface area (Å²) in [5.41, 5.74) is 0.829. The van der Waals surface area contributed by atoms with Crippen LogP contribution in [-0.2, 0) is 18.9 Å². The van der Waals surface area contributed by atoms with E-state index in [2.05, 4.69) is 15.2 Å². The number of amides is 2. The van der Waals surface area contributed by atoms with Crippen molar-refractivity contribution < 1.29 is 33.2 Å². The third kappa shape index (κ3) is 9.17. The number of ether oxygens (including phenoxy) is 6. The van der Waals surface area contributed by atoms with E-state index >= 15 is 0 Å². The minimum atomic E-state index is -0.0547. The van der Waals surface area contributed by atoms with Crippen molar-refractivity contribution in [3.05, 3.63) is 30.3 Å². The molecule has 3 fully saturated rings. The molecule has 42 heavy (non-hydrogen) atoms. The Hall–Kier alpha value is -2.66. The van der Waals surface area contributed by atoms with Gasteiger partial charge in [-0.3, -0.25) is 0 Å². The van der Waals surface area contributed by atoms with Crippen LogP contribution in [0.2, 0.25) is 0 Å². The first kappa shape index (κ1) is 30.8. The number of benzene rings is 1. The highest BCUT2D eigenvalue weighted by molar-refractivity contribution is 5.80. The third-order valence-electron chi connectivity index (χ3n) is 8.09. The predicted molar refractivity (Wildman–Crippen MR) is 159 cm³/mol. The van der Waals surface area contributed by atoms with Gasteiger partial charge in [0.1, 0.15) is 5.75 Å². The standard InChI is InChI=1S/C32H47N3O7/c1-37-23-42-30-16-11-24-22-26(14-15-27(24)34-30)38-19-6-17-33-32(36)35(25-12-13-25)28-8-2-3-9-29(28)39-20-7-21-41-31-10-4-5-18-40-31/h11,14-16,22,25,28-29,31H,2-10,12-13,17-21,23H2,1H3,(H,33,36). The van der Waals surface area contributed by atoms with Crippen LogP contribution in [0.15, 0.2) is 30.3 Å². The van der Waals surface area contributed by atoms with Crippen molar-refractivity contribution >= 4 is 16.9 Å². The summed E-state index contributed by atoms with van der Waals surface area (Å²) < 4.78 is 34.2. The van der Waals surface area contributed by atoms with Crippen molar-refractivity contribution in [2.24, 2.45) is 0 Å². The van der Waals surface area contributed by atoms with Gasteiger partial charge >= 0.3 is 6.03 Å². The number of nitrogens with one attached hydrogen (secondary N) is 1. The fraction of sp³-hybridized carbons (Fsp3) is 0.688. The number of aromatic nitrogens is 1. The molecule has 3 atom stereocenters. The van der Waals surface area contributed by atoms with Crippen molar-refractivity contribution in [1.82, 2.24) is 15.2 Å². The number of pyridine rings is 1. The molecule has 232 valence electrons. The number of fused-ring (bicyclic) bond motifs is 1.